The summed E-state index contributed by atoms with van der Waals surface area (Å²) in [5.41, 5.74) is 9.18. The zero-order chi connectivity index (χ0) is 31.9. The quantitative estimate of drug-likeness (QED) is 0.192. The fourth-order valence-corrected chi connectivity index (χ4v) is 8.89. The van der Waals surface area contributed by atoms with Crippen LogP contribution in [0, 0.1) is 0 Å². The molecule has 0 spiro atoms. The van der Waals surface area contributed by atoms with Crippen LogP contribution < -0.4 is 14.2 Å². The van der Waals surface area contributed by atoms with Crippen molar-refractivity contribution in [2.45, 2.75) is 35.5 Å². The molecule has 0 saturated heterocycles. The third-order valence-electron chi connectivity index (χ3n) is 11.0. The lowest BCUT2D eigenvalue weighted by Gasteiger charge is -2.56. The zero-order valence-electron chi connectivity index (χ0n) is 26.9. The molecule has 1 aliphatic carbocycles. The third kappa shape index (κ3) is 4.72. The van der Waals surface area contributed by atoms with Crippen molar-refractivity contribution in [3.63, 3.8) is 0 Å². The second-order valence-corrected chi connectivity index (χ2v) is 13.4. The van der Waals surface area contributed by atoms with Gasteiger partial charge in [-0.2, -0.15) is 0 Å². The topological polar surface area (TPSA) is 27.7 Å². The molecule has 3 aliphatic heterocycles. The Bertz CT molecular complexity index is 2050. The molecule has 5 unspecified atom stereocenters. The maximum atomic E-state index is 6.54. The SMILES string of the molecule is c1ccc(C23COc4ccccc4C2C2c4ccccc4OCC2c2ccccc23)cc1.c1ccc(C2COc3ccccc3C2)cc1. The van der Waals surface area contributed by atoms with Crippen molar-refractivity contribution in [1.82, 2.24) is 0 Å². The molecule has 6 aromatic rings. The van der Waals surface area contributed by atoms with Crippen molar-refractivity contribution in [3.05, 3.63) is 197 Å². The van der Waals surface area contributed by atoms with E-state index in [1.807, 2.05) is 6.07 Å². The smallest absolute Gasteiger partial charge is 0.122 e. The van der Waals surface area contributed by atoms with E-state index in [1.54, 1.807) is 0 Å². The number of benzene rings is 6. The molecule has 0 N–H and O–H groups in total. The molecule has 10 rings (SSSR count). The Kier molecular flexibility index (Phi) is 7.27. The van der Waals surface area contributed by atoms with Gasteiger partial charge in [0.1, 0.15) is 23.9 Å². The van der Waals surface area contributed by atoms with Gasteiger partial charge in [0.25, 0.3) is 0 Å². The van der Waals surface area contributed by atoms with Crippen LogP contribution in [0.2, 0.25) is 0 Å². The summed E-state index contributed by atoms with van der Waals surface area (Å²) in [7, 11) is 0. The first-order chi connectivity index (χ1) is 23.8. The molecule has 3 nitrogen and oxygen atoms in total. The zero-order valence-corrected chi connectivity index (χ0v) is 26.9. The summed E-state index contributed by atoms with van der Waals surface area (Å²) < 4.78 is 18.7. The van der Waals surface area contributed by atoms with E-state index < -0.39 is 0 Å². The second-order valence-electron chi connectivity index (χ2n) is 13.4. The summed E-state index contributed by atoms with van der Waals surface area (Å²) in [6.07, 6.45) is 1.08. The van der Waals surface area contributed by atoms with Gasteiger partial charge in [0.2, 0.25) is 0 Å². The first-order valence-electron chi connectivity index (χ1n) is 17.2. The van der Waals surface area contributed by atoms with Gasteiger partial charge in [-0.05, 0) is 63.6 Å². The fraction of sp³-hybridized carbons (Fsp3) is 0.200. The van der Waals surface area contributed by atoms with E-state index >= 15 is 0 Å². The number of hydrogen-bond donors (Lipinski definition) is 0. The molecule has 0 saturated carbocycles. The van der Waals surface area contributed by atoms with Crippen LogP contribution in [-0.2, 0) is 11.8 Å². The highest BCUT2D eigenvalue weighted by molar-refractivity contribution is 5.61. The maximum absolute atomic E-state index is 6.54. The number of hydrogen-bond acceptors (Lipinski definition) is 3. The molecule has 0 fully saturated rings. The van der Waals surface area contributed by atoms with Crippen LogP contribution >= 0.6 is 0 Å². The third-order valence-corrected chi connectivity index (χ3v) is 11.0. The average molecular weight is 627 g/mol. The van der Waals surface area contributed by atoms with Crippen molar-refractivity contribution >= 4 is 0 Å². The van der Waals surface area contributed by atoms with Crippen molar-refractivity contribution < 1.29 is 14.2 Å². The Morgan fingerprint density at radius 2 is 1.06 bits per heavy atom. The maximum Gasteiger partial charge on any atom is 0.122 e. The number of rotatable bonds is 2. The lowest BCUT2D eigenvalue weighted by molar-refractivity contribution is 0.125. The van der Waals surface area contributed by atoms with E-state index in [1.165, 1.54) is 38.9 Å². The minimum absolute atomic E-state index is 0.252. The summed E-state index contributed by atoms with van der Waals surface area (Å²) in [5, 5.41) is 0. The van der Waals surface area contributed by atoms with Crippen LogP contribution in [0.15, 0.2) is 158 Å². The monoisotopic (exact) mass is 626 g/mol. The Labute approximate surface area is 282 Å². The molecule has 0 bridgehead atoms. The summed E-state index contributed by atoms with van der Waals surface area (Å²) in [4.78, 5) is 0. The minimum Gasteiger partial charge on any atom is -0.493 e. The largest absolute Gasteiger partial charge is 0.493 e. The highest BCUT2D eigenvalue weighted by Gasteiger charge is 2.58. The molecular weight excluding hydrogens is 588 g/mol. The van der Waals surface area contributed by atoms with Gasteiger partial charge in [-0.25, -0.2) is 0 Å². The Morgan fingerprint density at radius 1 is 0.479 bits per heavy atom. The highest BCUT2D eigenvalue weighted by Crippen LogP contribution is 2.65. The molecule has 48 heavy (non-hydrogen) atoms. The molecule has 4 aliphatic rings. The van der Waals surface area contributed by atoms with Gasteiger partial charge < -0.3 is 14.2 Å². The van der Waals surface area contributed by atoms with Crippen LogP contribution in [0.5, 0.6) is 17.2 Å². The molecule has 3 heteroatoms. The van der Waals surface area contributed by atoms with Crippen molar-refractivity contribution in [2.75, 3.05) is 19.8 Å². The summed E-state index contributed by atoms with van der Waals surface area (Å²) in [6.45, 7) is 2.14. The molecule has 6 aromatic carbocycles. The van der Waals surface area contributed by atoms with Gasteiger partial charge in [-0.1, -0.05) is 140 Å². The molecule has 0 radical (unpaired) electrons. The van der Waals surface area contributed by atoms with Gasteiger partial charge in [0.15, 0.2) is 0 Å². The lowest BCUT2D eigenvalue weighted by Crippen LogP contribution is -2.52. The Morgan fingerprint density at radius 3 is 1.85 bits per heavy atom. The molecule has 0 aromatic heterocycles. The number of fused-ring (bicyclic) bond motifs is 11. The fourth-order valence-electron chi connectivity index (χ4n) is 8.89. The van der Waals surface area contributed by atoms with Crippen LogP contribution in [0.25, 0.3) is 0 Å². The molecule has 5 atom stereocenters. The van der Waals surface area contributed by atoms with Crippen LogP contribution in [0.3, 0.4) is 0 Å². The van der Waals surface area contributed by atoms with Crippen molar-refractivity contribution in [3.8, 4) is 17.2 Å². The van der Waals surface area contributed by atoms with Gasteiger partial charge >= 0.3 is 0 Å². The van der Waals surface area contributed by atoms with Crippen LogP contribution in [-0.4, -0.2) is 19.8 Å². The van der Waals surface area contributed by atoms with E-state index in [0.29, 0.717) is 31.0 Å². The summed E-state index contributed by atoms with van der Waals surface area (Å²) in [6, 6.07) is 56.2. The Hall–Kier alpha value is -5.28. The first-order valence-corrected chi connectivity index (χ1v) is 17.2. The first kappa shape index (κ1) is 28.9. The van der Waals surface area contributed by atoms with Crippen LogP contribution in [0.4, 0.5) is 0 Å². The van der Waals surface area contributed by atoms with Gasteiger partial charge in [-0.3, -0.25) is 0 Å². The molecule has 3 heterocycles. The lowest BCUT2D eigenvalue weighted by atomic mass is 9.50. The number of para-hydroxylation sites is 3. The van der Waals surface area contributed by atoms with E-state index in [2.05, 4.69) is 152 Å². The summed E-state index contributed by atoms with van der Waals surface area (Å²) in [5.74, 6) is 4.49. The van der Waals surface area contributed by atoms with Crippen molar-refractivity contribution in [1.29, 1.82) is 0 Å². The number of ether oxygens (including phenoxy) is 3. The van der Waals surface area contributed by atoms with E-state index in [-0.39, 0.29) is 11.3 Å². The molecule has 0 amide bonds. The predicted octanol–water partition coefficient (Wildman–Crippen LogP) is 9.83. The highest BCUT2D eigenvalue weighted by atomic mass is 16.5. The van der Waals surface area contributed by atoms with Gasteiger partial charge in [-0.15, -0.1) is 0 Å². The summed E-state index contributed by atoms with van der Waals surface area (Å²) >= 11 is 0. The minimum atomic E-state index is -0.252. The van der Waals surface area contributed by atoms with E-state index in [4.69, 9.17) is 14.2 Å². The average Bonchev–Trinajstić information content (AvgIpc) is 3.18. The standard InChI is InChI=1S/C30H24O2.C15H14O/c1-2-10-20(11-3-1)30-19-32-27-17-9-6-14-23(27)29(30)28-22-13-5-8-16-26(22)31-18-24(28)21-12-4-7-15-25(21)30;1-2-6-12(7-3-1)14-10-13-8-4-5-9-15(13)16-11-14/h1-17,24,28-29H,18-19H2;1-9,14H,10-11H2. The second kappa shape index (κ2) is 12.1. The predicted molar refractivity (Wildman–Crippen MR) is 191 cm³/mol. The van der Waals surface area contributed by atoms with E-state index in [9.17, 15) is 0 Å². The Balaban J connectivity index is 0.000000164. The molecule has 236 valence electrons. The van der Waals surface area contributed by atoms with Crippen LogP contribution in [0.1, 0.15) is 62.6 Å². The van der Waals surface area contributed by atoms with Gasteiger partial charge in [0, 0.05) is 23.7 Å². The van der Waals surface area contributed by atoms with E-state index in [0.717, 1.165) is 30.3 Å². The normalized spacial score (nSPS) is 24.1. The van der Waals surface area contributed by atoms with Gasteiger partial charge in [0.05, 0.1) is 18.6 Å². The van der Waals surface area contributed by atoms with Crippen molar-refractivity contribution in [2.24, 2.45) is 0 Å². The molecular formula is C45H38O3.